The Bertz CT molecular complexity index is 450. The van der Waals surface area contributed by atoms with E-state index in [4.69, 9.17) is 5.73 Å². The first-order chi connectivity index (χ1) is 7.16. The van der Waals surface area contributed by atoms with Crippen LogP contribution < -0.4 is 5.73 Å². The third-order valence-electron chi connectivity index (χ3n) is 2.11. The summed E-state index contributed by atoms with van der Waals surface area (Å²) in [7, 11) is 0. The zero-order chi connectivity index (χ0) is 10.8. The molecular formula is C10H9Br2NS2. The molecule has 1 atom stereocenters. The van der Waals surface area contributed by atoms with Crippen LogP contribution in [0, 0.1) is 0 Å². The highest BCUT2D eigenvalue weighted by Gasteiger charge is 2.11. The van der Waals surface area contributed by atoms with E-state index in [-0.39, 0.29) is 6.04 Å². The molecule has 15 heavy (non-hydrogen) atoms. The molecule has 80 valence electrons. The molecule has 2 aromatic heterocycles. The zero-order valence-electron chi connectivity index (χ0n) is 7.74. The zero-order valence-corrected chi connectivity index (χ0v) is 12.5. The number of thiophene rings is 2. The Balaban J connectivity index is 2.10. The molecule has 1 unspecified atom stereocenters. The van der Waals surface area contributed by atoms with Crippen molar-refractivity contribution in [3.05, 3.63) is 41.6 Å². The third-order valence-corrected chi connectivity index (χ3v) is 5.58. The summed E-state index contributed by atoms with van der Waals surface area (Å²) in [5, 5.41) is 4.19. The van der Waals surface area contributed by atoms with Gasteiger partial charge in [-0.2, -0.15) is 0 Å². The number of hydrogen-bond donors (Lipinski definition) is 1. The van der Waals surface area contributed by atoms with Gasteiger partial charge in [-0.25, -0.2) is 0 Å². The highest BCUT2D eigenvalue weighted by atomic mass is 79.9. The third kappa shape index (κ3) is 2.91. The topological polar surface area (TPSA) is 26.0 Å². The summed E-state index contributed by atoms with van der Waals surface area (Å²) in [4.78, 5) is 1.31. The summed E-state index contributed by atoms with van der Waals surface area (Å²) in [6.45, 7) is 0. The van der Waals surface area contributed by atoms with Gasteiger partial charge >= 0.3 is 0 Å². The second-order valence-electron chi connectivity index (χ2n) is 3.19. The Labute approximate surface area is 114 Å². The van der Waals surface area contributed by atoms with Crippen molar-refractivity contribution in [2.45, 2.75) is 12.5 Å². The van der Waals surface area contributed by atoms with Crippen molar-refractivity contribution in [2.75, 3.05) is 0 Å². The first kappa shape index (κ1) is 11.8. The Morgan fingerprint density at radius 1 is 1.33 bits per heavy atom. The summed E-state index contributed by atoms with van der Waals surface area (Å²) >= 11 is 10.4. The lowest BCUT2D eigenvalue weighted by Crippen LogP contribution is -2.11. The SMILES string of the molecule is NC(Cc1sccc1Br)c1csc(Br)c1. The van der Waals surface area contributed by atoms with Crippen LogP contribution in [0.25, 0.3) is 0 Å². The van der Waals surface area contributed by atoms with E-state index < -0.39 is 0 Å². The average molecular weight is 367 g/mol. The van der Waals surface area contributed by atoms with E-state index in [0.29, 0.717) is 0 Å². The molecular weight excluding hydrogens is 358 g/mol. The van der Waals surface area contributed by atoms with Crippen LogP contribution in [-0.4, -0.2) is 0 Å². The lowest BCUT2D eigenvalue weighted by Gasteiger charge is -2.08. The first-order valence-electron chi connectivity index (χ1n) is 4.38. The van der Waals surface area contributed by atoms with Crippen LogP contribution in [0.1, 0.15) is 16.5 Å². The Morgan fingerprint density at radius 3 is 2.67 bits per heavy atom. The molecule has 1 nitrogen and oxygen atoms in total. The van der Waals surface area contributed by atoms with Gasteiger partial charge in [0.25, 0.3) is 0 Å². The number of rotatable bonds is 3. The van der Waals surface area contributed by atoms with Gasteiger partial charge in [-0.05, 0) is 60.3 Å². The van der Waals surface area contributed by atoms with Crippen LogP contribution in [0.15, 0.2) is 31.2 Å². The van der Waals surface area contributed by atoms with Crippen LogP contribution in [0.4, 0.5) is 0 Å². The van der Waals surface area contributed by atoms with E-state index >= 15 is 0 Å². The molecule has 0 radical (unpaired) electrons. The standard InChI is InChI=1S/C10H9Br2NS2/c11-7-1-2-14-9(7)4-8(13)6-3-10(12)15-5-6/h1-3,5,8H,4,13H2. The molecule has 0 aliphatic carbocycles. The van der Waals surface area contributed by atoms with E-state index in [1.54, 1.807) is 22.7 Å². The van der Waals surface area contributed by atoms with Crippen LogP contribution in [0.5, 0.6) is 0 Å². The average Bonchev–Trinajstić information content (AvgIpc) is 2.77. The minimum absolute atomic E-state index is 0.0856. The molecule has 2 rings (SSSR count). The summed E-state index contributed by atoms with van der Waals surface area (Å²) < 4.78 is 2.30. The second-order valence-corrected chi connectivity index (χ2v) is 7.33. The molecule has 2 heterocycles. The largest absolute Gasteiger partial charge is 0.324 e. The summed E-state index contributed by atoms with van der Waals surface area (Å²) in [6, 6.07) is 4.25. The summed E-state index contributed by atoms with van der Waals surface area (Å²) in [5.41, 5.74) is 7.34. The Kier molecular flexibility index (Phi) is 4.01. The van der Waals surface area contributed by atoms with Crippen LogP contribution >= 0.6 is 54.5 Å². The number of nitrogens with two attached hydrogens (primary N) is 1. The van der Waals surface area contributed by atoms with E-state index in [1.807, 2.05) is 0 Å². The van der Waals surface area contributed by atoms with Crippen LogP contribution in [0.2, 0.25) is 0 Å². The smallest absolute Gasteiger partial charge is 0.0701 e. The highest BCUT2D eigenvalue weighted by molar-refractivity contribution is 9.11. The first-order valence-corrected chi connectivity index (χ1v) is 7.72. The predicted molar refractivity (Wildman–Crippen MR) is 74.7 cm³/mol. The Hall–Kier alpha value is 0.320. The van der Waals surface area contributed by atoms with Gasteiger partial charge in [-0.3, -0.25) is 0 Å². The number of hydrogen-bond acceptors (Lipinski definition) is 3. The molecule has 0 saturated carbocycles. The van der Waals surface area contributed by atoms with Gasteiger partial charge in [-0.15, -0.1) is 22.7 Å². The molecule has 0 saturated heterocycles. The molecule has 2 aromatic rings. The molecule has 0 aromatic carbocycles. The highest BCUT2D eigenvalue weighted by Crippen LogP contribution is 2.30. The van der Waals surface area contributed by atoms with Gasteiger partial charge in [-0.1, -0.05) is 0 Å². The van der Waals surface area contributed by atoms with E-state index in [2.05, 4.69) is 54.8 Å². The fourth-order valence-electron chi connectivity index (χ4n) is 1.31. The normalized spacial score (nSPS) is 13.0. The van der Waals surface area contributed by atoms with E-state index in [9.17, 15) is 0 Å². The van der Waals surface area contributed by atoms with E-state index in [1.165, 1.54) is 10.4 Å². The van der Waals surface area contributed by atoms with Gasteiger partial charge in [0, 0.05) is 21.8 Å². The van der Waals surface area contributed by atoms with Crippen LogP contribution in [-0.2, 0) is 6.42 Å². The molecule has 0 spiro atoms. The molecule has 0 aliphatic heterocycles. The van der Waals surface area contributed by atoms with Gasteiger partial charge in [0.05, 0.1) is 3.79 Å². The summed E-state index contributed by atoms with van der Waals surface area (Å²) in [6.07, 6.45) is 0.890. The molecule has 5 heteroatoms. The second kappa shape index (κ2) is 5.10. The maximum absolute atomic E-state index is 6.14. The van der Waals surface area contributed by atoms with Crippen molar-refractivity contribution in [2.24, 2.45) is 5.73 Å². The van der Waals surface area contributed by atoms with Crippen molar-refractivity contribution >= 4 is 54.5 Å². The maximum Gasteiger partial charge on any atom is 0.0701 e. The minimum Gasteiger partial charge on any atom is -0.324 e. The quantitative estimate of drug-likeness (QED) is 0.845. The molecule has 0 bridgehead atoms. The molecule has 0 aliphatic rings. The van der Waals surface area contributed by atoms with Gasteiger partial charge in [0.1, 0.15) is 0 Å². The lowest BCUT2D eigenvalue weighted by molar-refractivity contribution is 0.731. The van der Waals surface area contributed by atoms with Gasteiger partial charge in [0.2, 0.25) is 0 Å². The van der Waals surface area contributed by atoms with Gasteiger partial charge < -0.3 is 5.73 Å². The van der Waals surface area contributed by atoms with Crippen molar-refractivity contribution in [1.29, 1.82) is 0 Å². The van der Waals surface area contributed by atoms with E-state index in [0.717, 1.165) is 14.7 Å². The lowest BCUT2D eigenvalue weighted by atomic mass is 10.1. The molecule has 0 fully saturated rings. The van der Waals surface area contributed by atoms with Crippen molar-refractivity contribution in [3.63, 3.8) is 0 Å². The molecule has 0 amide bonds. The maximum atomic E-state index is 6.14. The predicted octanol–water partition coefficient (Wildman–Crippen LogP) is 4.58. The minimum atomic E-state index is 0.0856. The van der Waals surface area contributed by atoms with Crippen LogP contribution in [0.3, 0.4) is 0 Å². The number of halogens is 2. The fraction of sp³-hybridized carbons (Fsp3) is 0.200. The van der Waals surface area contributed by atoms with Crippen molar-refractivity contribution < 1.29 is 0 Å². The van der Waals surface area contributed by atoms with Gasteiger partial charge in [0.15, 0.2) is 0 Å². The monoisotopic (exact) mass is 365 g/mol. The summed E-state index contributed by atoms with van der Waals surface area (Å²) in [5.74, 6) is 0. The van der Waals surface area contributed by atoms with Crippen molar-refractivity contribution in [1.82, 2.24) is 0 Å². The van der Waals surface area contributed by atoms with Crippen molar-refractivity contribution in [3.8, 4) is 0 Å². The Morgan fingerprint density at radius 2 is 2.13 bits per heavy atom. The molecule has 2 N–H and O–H groups in total. The fourth-order valence-corrected chi connectivity index (χ4v) is 4.12.